The highest BCUT2D eigenvalue weighted by molar-refractivity contribution is 6.35. The van der Waals surface area contributed by atoms with Gasteiger partial charge in [-0.2, -0.15) is 0 Å². The SMILES string of the molecule is CCOc1cc(CNCc2ccc(Cl)cc2Cl)ccc1OC. The zero-order chi connectivity index (χ0) is 15.9. The molecule has 0 saturated carbocycles. The van der Waals surface area contributed by atoms with Crippen molar-refractivity contribution < 1.29 is 9.47 Å². The lowest BCUT2D eigenvalue weighted by Crippen LogP contribution is -2.13. The van der Waals surface area contributed by atoms with Gasteiger partial charge in [-0.3, -0.25) is 0 Å². The summed E-state index contributed by atoms with van der Waals surface area (Å²) in [6, 6.07) is 11.4. The van der Waals surface area contributed by atoms with E-state index < -0.39 is 0 Å². The summed E-state index contributed by atoms with van der Waals surface area (Å²) >= 11 is 12.0. The Kier molecular flexibility index (Phi) is 6.37. The predicted octanol–water partition coefficient (Wildman–Crippen LogP) is 4.69. The van der Waals surface area contributed by atoms with E-state index in [1.807, 2.05) is 37.3 Å². The molecule has 0 bridgehead atoms. The lowest BCUT2D eigenvalue weighted by molar-refractivity contribution is 0.310. The third-order valence-electron chi connectivity index (χ3n) is 3.19. The number of rotatable bonds is 7. The van der Waals surface area contributed by atoms with Crippen LogP contribution in [0.1, 0.15) is 18.1 Å². The van der Waals surface area contributed by atoms with Gasteiger partial charge in [0.25, 0.3) is 0 Å². The van der Waals surface area contributed by atoms with Crippen LogP contribution in [0.3, 0.4) is 0 Å². The van der Waals surface area contributed by atoms with E-state index in [4.69, 9.17) is 32.7 Å². The maximum Gasteiger partial charge on any atom is 0.161 e. The minimum absolute atomic E-state index is 0.605. The molecule has 2 aromatic carbocycles. The Morgan fingerprint density at radius 1 is 1.00 bits per heavy atom. The molecule has 0 spiro atoms. The molecule has 118 valence electrons. The van der Waals surface area contributed by atoms with Crippen LogP contribution in [0, 0.1) is 0 Å². The molecule has 1 N–H and O–H groups in total. The normalized spacial score (nSPS) is 10.5. The van der Waals surface area contributed by atoms with Gasteiger partial charge in [0.1, 0.15) is 0 Å². The van der Waals surface area contributed by atoms with E-state index in [0.717, 1.165) is 22.6 Å². The maximum atomic E-state index is 6.16. The maximum absolute atomic E-state index is 6.16. The first kappa shape index (κ1) is 16.9. The molecule has 0 aliphatic carbocycles. The molecule has 0 fully saturated rings. The topological polar surface area (TPSA) is 30.5 Å². The first-order valence-electron chi connectivity index (χ1n) is 7.08. The Hall–Kier alpha value is -1.42. The quantitative estimate of drug-likeness (QED) is 0.793. The zero-order valence-corrected chi connectivity index (χ0v) is 14.2. The first-order valence-corrected chi connectivity index (χ1v) is 7.84. The summed E-state index contributed by atoms with van der Waals surface area (Å²) in [4.78, 5) is 0. The summed E-state index contributed by atoms with van der Waals surface area (Å²) in [6.07, 6.45) is 0. The lowest BCUT2D eigenvalue weighted by Gasteiger charge is -2.12. The molecule has 0 heterocycles. The van der Waals surface area contributed by atoms with Crippen molar-refractivity contribution in [3.8, 4) is 11.5 Å². The van der Waals surface area contributed by atoms with Crippen LogP contribution in [0.15, 0.2) is 36.4 Å². The van der Waals surface area contributed by atoms with Gasteiger partial charge in [0, 0.05) is 23.1 Å². The summed E-state index contributed by atoms with van der Waals surface area (Å²) in [5.41, 5.74) is 2.14. The fourth-order valence-corrected chi connectivity index (χ4v) is 2.58. The summed E-state index contributed by atoms with van der Waals surface area (Å²) in [7, 11) is 1.64. The minimum Gasteiger partial charge on any atom is -0.493 e. The lowest BCUT2D eigenvalue weighted by atomic mass is 10.2. The largest absolute Gasteiger partial charge is 0.493 e. The van der Waals surface area contributed by atoms with Crippen molar-refractivity contribution in [2.24, 2.45) is 0 Å². The molecular formula is C17H19Cl2NO2. The van der Waals surface area contributed by atoms with E-state index in [1.165, 1.54) is 0 Å². The molecule has 0 aliphatic rings. The van der Waals surface area contributed by atoms with Gasteiger partial charge >= 0.3 is 0 Å². The molecule has 5 heteroatoms. The molecular weight excluding hydrogens is 321 g/mol. The standard InChI is InChI=1S/C17H19Cl2NO2/c1-3-22-17-8-12(4-7-16(17)21-2)10-20-11-13-5-6-14(18)9-15(13)19/h4-9,20H,3,10-11H2,1-2H3. The fourth-order valence-electron chi connectivity index (χ4n) is 2.11. The van der Waals surface area contributed by atoms with Gasteiger partial charge < -0.3 is 14.8 Å². The molecule has 3 nitrogen and oxygen atoms in total. The summed E-state index contributed by atoms with van der Waals surface area (Å²) in [5, 5.41) is 4.68. The summed E-state index contributed by atoms with van der Waals surface area (Å²) in [6.45, 7) is 3.94. The van der Waals surface area contributed by atoms with Crippen LogP contribution in [0.25, 0.3) is 0 Å². The van der Waals surface area contributed by atoms with Gasteiger partial charge in [-0.05, 0) is 42.3 Å². The van der Waals surface area contributed by atoms with Crippen molar-refractivity contribution in [2.45, 2.75) is 20.0 Å². The van der Waals surface area contributed by atoms with E-state index in [1.54, 1.807) is 13.2 Å². The number of nitrogens with one attached hydrogen (secondary N) is 1. The van der Waals surface area contributed by atoms with Gasteiger partial charge in [0.2, 0.25) is 0 Å². The number of hydrogen-bond acceptors (Lipinski definition) is 3. The van der Waals surface area contributed by atoms with Crippen molar-refractivity contribution in [3.63, 3.8) is 0 Å². The summed E-state index contributed by atoms with van der Waals surface area (Å²) < 4.78 is 10.9. The molecule has 0 unspecified atom stereocenters. The molecule has 0 atom stereocenters. The van der Waals surface area contributed by atoms with E-state index >= 15 is 0 Å². The summed E-state index contributed by atoms with van der Waals surface area (Å²) in [5.74, 6) is 1.50. The monoisotopic (exact) mass is 339 g/mol. The molecule has 0 radical (unpaired) electrons. The Labute approximate surface area is 141 Å². The molecule has 0 amide bonds. The Bertz CT molecular complexity index is 632. The second-order valence-electron chi connectivity index (χ2n) is 4.76. The van der Waals surface area contributed by atoms with Crippen molar-refractivity contribution in [1.82, 2.24) is 5.32 Å². The van der Waals surface area contributed by atoms with Gasteiger partial charge in [0.15, 0.2) is 11.5 Å². The first-order chi connectivity index (χ1) is 10.6. The number of ether oxygens (including phenoxy) is 2. The molecule has 22 heavy (non-hydrogen) atoms. The highest BCUT2D eigenvalue weighted by atomic mass is 35.5. The van der Waals surface area contributed by atoms with Crippen molar-refractivity contribution >= 4 is 23.2 Å². The minimum atomic E-state index is 0.605. The van der Waals surface area contributed by atoms with Crippen molar-refractivity contribution in [1.29, 1.82) is 0 Å². The molecule has 0 aromatic heterocycles. The van der Waals surface area contributed by atoms with E-state index in [9.17, 15) is 0 Å². The average molecular weight is 340 g/mol. The molecule has 2 rings (SSSR count). The van der Waals surface area contributed by atoms with Crippen LogP contribution >= 0.6 is 23.2 Å². The molecule has 0 saturated heterocycles. The van der Waals surface area contributed by atoms with Crippen LogP contribution in [0.5, 0.6) is 11.5 Å². The van der Waals surface area contributed by atoms with Crippen molar-refractivity contribution in [3.05, 3.63) is 57.6 Å². The average Bonchev–Trinajstić information content (AvgIpc) is 2.50. The second kappa shape index (κ2) is 8.28. The van der Waals surface area contributed by atoms with Gasteiger partial charge in [-0.25, -0.2) is 0 Å². The zero-order valence-electron chi connectivity index (χ0n) is 12.7. The Morgan fingerprint density at radius 3 is 2.50 bits per heavy atom. The van der Waals surface area contributed by atoms with Crippen LogP contribution in [-0.2, 0) is 13.1 Å². The number of hydrogen-bond donors (Lipinski definition) is 1. The highest BCUT2D eigenvalue weighted by Crippen LogP contribution is 2.28. The van der Waals surface area contributed by atoms with Crippen molar-refractivity contribution in [2.75, 3.05) is 13.7 Å². The smallest absolute Gasteiger partial charge is 0.161 e. The van der Waals surface area contributed by atoms with E-state index in [-0.39, 0.29) is 0 Å². The third kappa shape index (κ3) is 4.54. The number of benzene rings is 2. The van der Waals surface area contributed by atoms with Crippen LogP contribution < -0.4 is 14.8 Å². The van der Waals surface area contributed by atoms with Crippen LogP contribution in [-0.4, -0.2) is 13.7 Å². The van der Waals surface area contributed by atoms with Gasteiger partial charge in [-0.1, -0.05) is 35.3 Å². The second-order valence-corrected chi connectivity index (χ2v) is 5.60. The fraction of sp³-hybridized carbons (Fsp3) is 0.294. The number of halogens is 2. The Balaban J connectivity index is 1.98. The van der Waals surface area contributed by atoms with Gasteiger partial charge in [0.05, 0.1) is 13.7 Å². The highest BCUT2D eigenvalue weighted by Gasteiger charge is 2.06. The van der Waals surface area contributed by atoms with Crippen LogP contribution in [0.4, 0.5) is 0 Å². The Morgan fingerprint density at radius 2 is 1.82 bits per heavy atom. The van der Waals surface area contributed by atoms with Gasteiger partial charge in [-0.15, -0.1) is 0 Å². The third-order valence-corrected chi connectivity index (χ3v) is 3.77. The molecule has 2 aromatic rings. The number of methoxy groups -OCH3 is 1. The molecule has 0 aliphatic heterocycles. The van der Waals surface area contributed by atoms with E-state index in [2.05, 4.69) is 5.32 Å². The van der Waals surface area contributed by atoms with Crippen LogP contribution in [0.2, 0.25) is 10.0 Å². The van der Waals surface area contributed by atoms with E-state index in [0.29, 0.717) is 29.7 Å². The predicted molar refractivity (Wildman–Crippen MR) is 91.2 cm³/mol.